The fraction of sp³-hybridized carbons (Fsp3) is 0.417. The third-order valence-corrected chi connectivity index (χ3v) is 2.36. The molecule has 1 N–H and O–H groups in total. The lowest BCUT2D eigenvalue weighted by molar-refractivity contribution is -0.136. The van der Waals surface area contributed by atoms with Gasteiger partial charge in [-0.2, -0.15) is 0 Å². The Kier molecular flexibility index (Phi) is 4.87. The monoisotopic (exact) mass is 243 g/mol. The molecule has 0 bridgehead atoms. The molecule has 0 saturated carbocycles. The lowest BCUT2D eigenvalue weighted by Crippen LogP contribution is -2.27. The van der Waals surface area contributed by atoms with Crippen molar-refractivity contribution in [1.29, 1.82) is 0 Å². The molecule has 0 aliphatic heterocycles. The maximum Gasteiger partial charge on any atom is 0.305 e. The zero-order valence-corrected chi connectivity index (χ0v) is 9.62. The van der Waals surface area contributed by atoms with Gasteiger partial charge in [-0.25, -0.2) is 8.78 Å². The Bertz CT molecular complexity index is 396. The molecule has 0 radical (unpaired) electrons. The van der Waals surface area contributed by atoms with Crippen molar-refractivity contribution in [2.24, 2.45) is 0 Å². The molecule has 94 valence electrons. The Labute approximate surface area is 98.7 Å². The van der Waals surface area contributed by atoms with Crippen molar-refractivity contribution in [3.8, 4) is 0 Å². The number of benzene rings is 1. The number of carboxylic acids is 1. The maximum atomic E-state index is 13.1. The molecular formula is C12H15F2NO2. The molecule has 0 spiro atoms. The molecule has 17 heavy (non-hydrogen) atoms. The number of halogens is 2. The van der Waals surface area contributed by atoms with Crippen molar-refractivity contribution in [3.05, 3.63) is 29.8 Å². The maximum absolute atomic E-state index is 13.1. The molecule has 0 heterocycles. The third-order valence-electron chi connectivity index (χ3n) is 2.36. The molecule has 0 fully saturated rings. The lowest BCUT2D eigenvalue weighted by Gasteiger charge is -2.23. The molecule has 0 aliphatic carbocycles. The number of hydrogen-bond donors (Lipinski definition) is 1. The van der Waals surface area contributed by atoms with Gasteiger partial charge in [-0.1, -0.05) is 6.92 Å². The summed E-state index contributed by atoms with van der Waals surface area (Å²) < 4.78 is 25.8. The zero-order valence-electron chi connectivity index (χ0n) is 9.62. The van der Waals surface area contributed by atoms with Gasteiger partial charge in [-0.15, -0.1) is 0 Å². The number of hydrogen-bond acceptors (Lipinski definition) is 2. The van der Waals surface area contributed by atoms with Crippen LogP contribution in [0.1, 0.15) is 19.8 Å². The molecule has 0 unspecified atom stereocenters. The van der Waals surface area contributed by atoms with Crippen LogP contribution >= 0.6 is 0 Å². The number of aliphatic carboxylic acids is 1. The first-order valence-electron chi connectivity index (χ1n) is 5.46. The van der Waals surface area contributed by atoms with Crippen molar-refractivity contribution in [3.63, 3.8) is 0 Å². The molecule has 0 aromatic heterocycles. The van der Waals surface area contributed by atoms with Crippen molar-refractivity contribution in [2.75, 3.05) is 18.0 Å². The van der Waals surface area contributed by atoms with Crippen LogP contribution in [0, 0.1) is 11.6 Å². The number of carboxylic acid groups (broad SMARTS) is 1. The summed E-state index contributed by atoms with van der Waals surface area (Å²) in [4.78, 5) is 12.2. The van der Waals surface area contributed by atoms with Crippen molar-refractivity contribution < 1.29 is 18.7 Å². The minimum absolute atomic E-state index is 0.0288. The molecule has 1 aromatic rings. The number of carbonyl (C=O) groups is 1. The average Bonchev–Trinajstić information content (AvgIpc) is 2.28. The zero-order chi connectivity index (χ0) is 12.8. The SMILES string of the molecule is CCCN(CCC(=O)O)c1ccc(F)c(F)c1. The lowest BCUT2D eigenvalue weighted by atomic mass is 10.2. The first kappa shape index (κ1) is 13.4. The van der Waals surface area contributed by atoms with Gasteiger partial charge in [-0.3, -0.25) is 4.79 Å². The van der Waals surface area contributed by atoms with Gasteiger partial charge in [0, 0.05) is 24.8 Å². The summed E-state index contributed by atoms with van der Waals surface area (Å²) in [6.07, 6.45) is 0.775. The molecule has 1 aromatic carbocycles. The molecule has 0 aliphatic rings. The van der Waals surface area contributed by atoms with Crippen LogP contribution in [0.25, 0.3) is 0 Å². The highest BCUT2D eigenvalue weighted by Gasteiger charge is 2.10. The van der Waals surface area contributed by atoms with E-state index in [0.29, 0.717) is 12.2 Å². The summed E-state index contributed by atoms with van der Waals surface area (Å²) in [5.41, 5.74) is 0.506. The van der Waals surface area contributed by atoms with Crippen LogP contribution < -0.4 is 4.90 Å². The number of rotatable bonds is 6. The van der Waals surface area contributed by atoms with E-state index >= 15 is 0 Å². The van der Waals surface area contributed by atoms with E-state index in [2.05, 4.69) is 0 Å². The van der Waals surface area contributed by atoms with Gasteiger partial charge < -0.3 is 10.0 Å². The Balaban J connectivity index is 2.81. The summed E-state index contributed by atoms with van der Waals surface area (Å²) >= 11 is 0. The van der Waals surface area contributed by atoms with Crippen LogP contribution in [0.5, 0.6) is 0 Å². The second kappa shape index (κ2) is 6.18. The molecule has 0 atom stereocenters. The quantitative estimate of drug-likeness (QED) is 0.835. The van der Waals surface area contributed by atoms with Crippen LogP contribution in [0.15, 0.2) is 18.2 Å². The predicted molar refractivity (Wildman–Crippen MR) is 61.1 cm³/mol. The van der Waals surface area contributed by atoms with E-state index in [1.807, 2.05) is 6.92 Å². The van der Waals surface area contributed by atoms with Crippen LogP contribution in [-0.2, 0) is 4.79 Å². The van der Waals surface area contributed by atoms with E-state index < -0.39 is 17.6 Å². The van der Waals surface area contributed by atoms with Crippen LogP contribution in [0.3, 0.4) is 0 Å². The topological polar surface area (TPSA) is 40.5 Å². The van der Waals surface area contributed by atoms with Gasteiger partial charge in [0.15, 0.2) is 11.6 Å². The van der Waals surface area contributed by atoms with E-state index in [9.17, 15) is 13.6 Å². The summed E-state index contributed by atoms with van der Waals surface area (Å²) in [5.74, 6) is -2.73. The molecule has 0 saturated heterocycles. The standard InChI is InChI=1S/C12H15F2NO2/c1-2-6-15(7-5-12(16)17)9-3-4-10(13)11(14)8-9/h3-4,8H,2,5-7H2,1H3,(H,16,17). The van der Waals surface area contributed by atoms with Gasteiger partial charge in [0.1, 0.15) is 0 Å². The van der Waals surface area contributed by atoms with Crippen LogP contribution in [-0.4, -0.2) is 24.2 Å². The first-order valence-corrected chi connectivity index (χ1v) is 5.46. The summed E-state index contributed by atoms with van der Waals surface area (Å²) in [5, 5.41) is 8.62. The fourth-order valence-electron chi connectivity index (χ4n) is 1.55. The van der Waals surface area contributed by atoms with Crippen molar-refractivity contribution in [2.45, 2.75) is 19.8 Å². The number of anilines is 1. The molecule has 5 heteroatoms. The van der Waals surface area contributed by atoms with E-state index in [4.69, 9.17) is 5.11 Å². The molecular weight excluding hydrogens is 228 g/mol. The number of nitrogens with zero attached hydrogens (tertiary/aromatic N) is 1. The smallest absolute Gasteiger partial charge is 0.305 e. The predicted octanol–water partition coefficient (Wildman–Crippen LogP) is 2.66. The van der Waals surface area contributed by atoms with E-state index in [-0.39, 0.29) is 13.0 Å². The van der Waals surface area contributed by atoms with E-state index in [1.165, 1.54) is 6.07 Å². The summed E-state index contributed by atoms with van der Waals surface area (Å²) in [7, 11) is 0. The Morgan fingerprint density at radius 2 is 2.00 bits per heavy atom. The highest BCUT2D eigenvalue weighted by atomic mass is 19.2. The Morgan fingerprint density at radius 3 is 2.53 bits per heavy atom. The average molecular weight is 243 g/mol. The Morgan fingerprint density at radius 1 is 1.29 bits per heavy atom. The second-order valence-corrected chi connectivity index (χ2v) is 3.73. The largest absolute Gasteiger partial charge is 0.481 e. The summed E-state index contributed by atoms with van der Waals surface area (Å²) in [6.45, 7) is 2.83. The van der Waals surface area contributed by atoms with E-state index in [0.717, 1.165) is 18.6 Å². The van der Waals surface area contributed by atoms with Crippen molar-refractivity contribution in [1.82, 2.24) is 0 Å². The fourth-order valence-corrected chi connectivity index (χ4v) is 1.55. The van der Waals surface area contributed by atoms with Gasteiger partial charge >= 0.3 is 5.97 Å². The highest BCUT2D eigenvalue weighted by molar-refractivity contribution is 5.67. The normalized spacial score (nSPS) is 10.3. The van der Waals surface area contributed by atoms with Gasteiger partial charge in [0.25, 0.3) is 0 Å². The second-order valence-electron chi connectivity index (χ2n) is 3.73. The molecule has 0 amide bonds. The minimum Gasteiger partial charge on any atom is -0.481 e. The van der Waals surface area contributed by atoms with Crippen LogP contribution in [0.4, 0.5) is 14.5 Å². The van der Waals surface area contributed by atoms with Gasteiger partial charge in [0.05, 0.1) is 6.42 Å². The minimum atomic E-state index is -0.918. The van der Waals surface area contributed by atoms with Crippen molar-refractivity contribution >= 4 is 11.7 Å². The van der Waals surface area contributed by atoms with E-state index in [1.54, 1.807) is 4.90 Å². The third kappa shape index (κ3) is 4.01. The van der Waals surface area contributed by atoms with Crippen LogP contribution in [0.2, 0.25) is 0 Å². The first-order chi connectivity index (χ1) is 8.04. The Hall–Kier alpha value is -1.65. The highest BCUT2D eigenvalue weighted by Crippen LogP contribution is 2.18. The summed E-state index contributed by atoms with van der Waals surface area (Å²) in [6, 6.07) is 3.59. The molecule has 3 nitrogen and oxygen atoms in total. The van der Waals surface area contributed by atoms with Gasteiger partial charge in [0.2, 0.25) is 0 Å². The molecule has 1 rings (SSSR count). The van der Waals surface area contributed by atoms with Gasteiger partial charge in [-0.05, 0) is 18.6 Å².